The summed E-state index contributed by atoms with van der Waals surface area (Å²) in [5, 5.41) is 0. The van der Waals surface area contributed by atoms with Gasteiger partial charge < -0.3 is 14.2 Å². The fourth-order valence-electron chi connectivity index (χ4n) is 1.39. The highest BCUT2D eigenvalue weighted by molar-refractivity contribution is 5.73. The van der Waals surface area contributed by atoms with Crippen molar-refractivity contribution in [3.8, 4) is 0 Å². The Morgan fingerprint density at radius 2 is 1.22 bits per heavy atom. The molecule has 0 saturated carbocycles. The van der Waals surface area contributed by atoms with Gasteiger partial charge in [-0.15, -0.1) is 0 Å². The van der Waals surface area contributed by atoms with Gasteiger partial charge in [-0.2, -0.15) is 0 Å². The summed E-state index contributed by atoms with van der Waals surface area (Å²) >= 11 is 0. The summed E-state index contributed by atoms with van der Waals surface area (Å²) < 4.78 is 78.6. The molecule has 23 heavy (non-hydrogen) atoms. The predicted octanol–water partition coefficient (Wildman–Crippen LogP) is 2.00. The Labute approximate surface area is 126 Å². The van der Waals surface area contributed by atoms with E-state index in [2.05, 4.69) is 14.2 Å². The van der Waals surface area contributed by atoms with Gasteiger partial charge >= 0.3 is 11.9 Å². The standard InChI is InChI=1S/C13H11F5O5/c1-2-22-7(19)4-21-5-8(20)23-3-6-9(14)11(16)13(18)12(17)10(6)15/h2-5H2,1H3. The van der Waals surface area contributed by atoms with Crippen molar-refractivity contribution >= 4 is 11.9 Å². The van der Waals surface area contributed by atoms with Gasteiger partial charge in [0.05, 0.1) is 12.2 Å². The first kappa shape index (κ1) is 18.8. The molecule has 1 aromatic rings. The Balaban J connectivity index is 2.59. The number of carbonyl (C=O) groups is 2. The normalized spacial score (nSPS) is 10.5. The zero-order chi connectivity index (χ0) is 17.6. The van der Waals surface area contributed by atoms with Gasteiger partial charge in [0.1, 0.15) is 19.8 Å². The highest BCUT2D eigenvalue weighted by Gasteiger charge is 2.26. The summed E-state index contributed by atoms with van der Waals surface area (Å²) in [6.45, 7) is -0.865. The molecule has 0 atom stereocenters. The van der Waals surface area contributed by atoms with E-state index in [-0.39, 0.29) is 6.61 Å². The van der Waals surface area contributed by atoms with Gasteiger partial charge in [0, 0.05) is 0 Å². The second-order valence-electron chi connectivity index (χ2n) is 4.01. The highest BCUT2D eigenvalue weighted by atomic mass is 19.2. The lowest BCUT2D eigenvalue weighted by molar-refractivity contribution is -0.156. The average molecular weight is 342 g/mol. The van der Waals surface area contributed by atoms with E-state index in [0.29, 0.717) is 0 Å². The number of carbonyl (C=O) groups excluding carboxylic acids is 2. The maximum absolute atomic E-state index is 13.3. The first-order chi connectivity index (χ1) is 10.8. The molecule has 0 aliphatic carbocycles. The molecule has 0 saturated heterocycles. The number of hydrogen-bond acceptors (Lipinski definition) is 5. The Morgan fingerprint density at radius 3 is 1.70 bits per heavy atom. The van der Waals surface area contributed by atoms with Crippen LogP contribution in [0, 0.1) is 29.1 Å². The first-order valence-corrected chi connectivity index (χ1v) is 6.18. The lowest BCUT2D eigenvalue weighted by Crippen LogP contribution is -2.19. The molecule has 0 fully saturated rings. The van der Waals surface area contributed by atoms with E-state index in [1.165, 1.54) is 0 Å². The molecule has 0 aliphatic rings. The maximum atomic E-state index is 13.3. The van der Waals surface area contributed by atoms with Crippen LogP contribution in [0.4, 0.5) is 22.0 Å². The van der Waals surface area contributed by atoms with Gasteiger partial charge in [0.2, 0.25) is 5.82 Å². The van der Waals surface area contributed by atoms with E-state index in [4.69, 9.17) is 0 Å². The molecule has 0 aromatic heterocycles. The minimum absolute atomic E-state index is 0.104. The molecular weight excluding hydrogens is 331 g/mol. The number of ether oxygens (including phenoxy) is 3. The van der Waals surface area contributed by atoms with Gasteiger partial charge in [-0.1, -0.05) is 0 Å². The fraction of sp³-hybridized carbons (Fsp3) is 0.385. The van der Waals surface area contributed by atoms with Crippen LogP contribution in [-0.4, -0.2) is 31.8 Å². The summed E-state index contributed by atoms with van der Waals surface area (Å²) in [6, 6.07) is 0. The van der Waals surface area contributed by atoms with Crippen molar-refractivity contribution in [3.05, 3.63) is 34.6 Å². The number of benzene rings is 1. The summed E-state index contributed by atoms with van der Waals surface area (Å²) in [7, 11) is 0. The second-order valence-corrected chi connectivity index (χ2v) is 4.01. The average Bonchev–Trinajstić information content (AvgIpc) is 2.51. The molecule has 1 aromatic carbocycles. The van der Waals surface area contributed by atoms with Crippen LogP contribution in [0.2, 0.25) is 0 Å². The van der Waals surface area contributed by atoms with E-state index < -0.39 is 66.4 Å². The van der Waals surface area contributed by atoms with Gasteiger partial charge in [0.15, 0.2) is 23.3 Å². The Hall–Kier alpha value is -2.23. The van der Waals surface area contributed by atoms with E-state index >= 15 is 0 Å². The number of esters is 2. The molecule has 0 amide bonds. The van der Waals surface area contributed by atoms with Gasteiger partial charge in [-0.3, -0.25) is 0 Å². The zero-order valence-electron chi connectivity index (χ0n) is 11.8. The molecule has 128 valence electrons. The molecule has 0 unspecified atom stereocenters. The van der Waals surface area contributed by atoms with E-state index in [1.54, 1.807) is 6.92 Å². The molecule has 0 heterocycles. The molecule has 0 aliphatic heterocycles. The number of hydrogen-bond donors (Lipinski definition) is 0. The summed E-state index contributed by atoms with van der Waals surface area (Å²) in [5.41, 5.74) is -1.29. The molecule has 1 rings (SSSR count). The maximum Gasteiger partial charge on any atom is 0.332 e. The summed E-state index contributed by atoms with van der Waals surface area (Å²) in [5.74, 6) is -12.7. The van der Waals surface area contributed by atoms with Crippen LogP contribution >= 0.6 is 0 Å². The van der Waals surface area contributed by atoms with Crippen LogP contribution < -0.4 is 0 Å². The van der Waals surface area contributed by atoms with Crippen LogP contribution in [0.1, 0.15) is 12.5 Å². The Morgan fingerprint density at radius 1 is 0.783 bits per heavy atom. The van der Waals surface area contributed by atoms with Gasteiger partial charge in [-0.25, -0.2) is 31.5 Å². The number of rotatable bonds is 7. The van der Waals surface area contributed by atoms with Gasteiger partial charge in [0.25, 0.3) is 0 Å². The molecule has 0 bridgehead atoms. The second kappa shape index (κ2) is 8.42. The monoisotopic (exact) mass is 342 g/mol. The number of halogens is 5. The quantitative estimate of drug-likeness (QED) is 0.328. The Bertz CT molecular complexity index is 576. The van der Waals surface area contributed by atoms with Crippen molar-refractivity contribution < 1.29 is 45.8 Å². The molecule has 5 nitrogen and oxygen atoms in total. The third-order valence-corrected chi connectivity index (χ3v) is 2.42. The lowest BCUT2D eigenvalue weighted by Gasteiger charge is -2.09. The van der Waals surface area contributed by atoms with Crippen LogP contribution in [-0.2, 0) is 30.4 Å². The van der Waals surface area contributed by atoms with Crippen molar-refractivity contribution in [2.24, 2.45) is 0 Å². The van der Waals surface area contributed by atoms with Crippen LogP contribution in [0.15, 0.2) is 0 Å². The van der Waals surface area contributed by atoms with Crippen LogP contribution in [0.3, 0.4) is 0 Å². The van der Waals surface area contributed by atoms with Crippen molar-refractivity contribution in [3.63, 3.8) is 0 Å². The molecular formula is C13H11F5O5. The predicted molar refractivity (Wildman–Crippen MR) is 63.5 cm³/mol. The largest absolute Gasteiger partial charge is 0.464 e. The van der Waals surface area contributed by atoms with E-state index in [1.807, 2.05) is 0 Å². The molecule has 0 radical (unpaired) electrons. The molecule has 0 spiro atoms. The molecule has 10 heteroatoms. The minimum Gasteiger partial charge on any atom is -0.464 e. The molecule has 0 N–H and O–H groups in total. The third-order valence-electron chi connectivity index (χ3n) is 2.42. The highest BCUT2D eigenvalue weighted by Crippen LogP contribution is 2.23. The van der Waals surface area contributed by atoms with Crippen molar-refractivity contribution in [1.82, 2.24) is 0 Å². The Kier molecular flexibility index (Phi) is 6.89. The van der Waals surface area contributed by atoms with Crippen LogP contribution in [0.5, 0.6) is 0 Å². The van der Waals surface area contributed by atoms with E-state index in [0.717, 1.165) is 0 Å². The van der Waals surface area contributed by atoms with Crippen molar-refractivity contribution in [2.45, 2.75) is 13.5 Å². The van der Waals surface area contributed by atoms with E-state index in [9.17, 15) is 31.5 Å². The van der Waals surface area contributed by atoms with Gasteiger partial charge in [-0.05, 0) is 6.92 Å². The first-order valence-electron chi connectivity index (χ1n) is 6.18. The van der Waals surface area contributed by atoms with Crippen LogP contribution in [0.25, 0.3) is 0 Å². The van der Waals surface area contributed by atoms with Crippen molar-refractivity contribution in [2.75, 3.05) is 19.8 Å². The lowest BCUT2D eigenvalue weighted by atomic mass is 10.2. The third kappa shape index (κ3) is 4.88. The fourth-order valence-corrected chi connectivity index (χ4v) is 1.39. The SMILES string of the molecule is CCOC(=O)COCC(=O)OCc1c(F)c(F)c(F)c(F)c1F. The van der Waals surface area contributed by atoms with Crippen molar-refractivity contribution in [1.29, 1.82) is 0 Å². The summed E-state index contributed by atoms with van der Waals surface area (Å²) in [6.07, 6.45) is 0. The smallest absolute Gasteiger partial charge is 0.332 e. The minimum atomic E-state index is -2.31. The summed E-state index contributed by atoms with van der Waals surface area (Å²) in [4.78, 5) is 22.1. The zero-order valence-corrected chi connectivity index (χ0v) is 11.8. The topological polar surface area (TPSA) is 61.8 Å².